The number of nitrogens with one attached hydrogen (secondary N) is 1. The van der Waals surface area contributed by atoms with Gasteiger partial charge in [-0.2, -0.15) is 0 Å². The molecule has 0 unspecified atom stereocenters. The van der Waals surface area contributed by atoms with Crippen LogP contribution in [0.1, 0.15) is 63.1 Å². The molecule has 4 heteroatoms. The Hall–Kier alpha value is -0.900. The van der Waals surface area contributed by atoms with E-state index in [0.29, 0.717) is 12.0 Å². The molecular weight excluding hydrogens is 212 g/mol. The van der Waals surface area contributed by atoms with Crippen LogP contribution >= 0.6 is 0 Å². The minimum atomic E-state index is 0.561. The smallest absolute Gasteiger partial charge is 0.136 e. The van der Waals surface area contributed by atoms with Crippen molar-refractivity contribution in [2.45, 2.75) is 58.4 Å². The molecule has 0 atom stereocenters. The van der Waals surface area contributed by atoms with Gasteiger partial charge in [0.2, 0.25) is 0 Å². The summed E-state index contributed by atoms with van der Waals surface area (Å²) in [6.07, 6.45) is 4.71. The van der Waals surface area contributed by atoms with Gasteiger partial charge in [0.05, 0.1) is 0 Å². The van der Waals surface area contributed by atoms with Crippen LogP contribution in [-0.2, 0) is 0 Å². The molecule has 4 nitrogen and oxygen atoms in total. The van der Waals surface area contributed by atoms with Crippen molar-refractivity contribution in [1.29, 1.82) is 0 Å². The van der Waals surface area contributed by atoms with Gasteiger partial charge in [0.1, 0.15) is 11.6 Å². The molecule has 96 valence electrons. The predicted molar refractivity (Wildman–Crippen MR) is 69.2 cm³/mol. The second-order valence-electron chi connectivity index (χ2n) is 4.97. The largest absolute Gasteiger partial charge is 0.317 e. The summed E-state index contributed by atoms with van der Waals surface area (Å²) in [5.74, 6) is 2.85. The van der Waals surface area contributed by atoms with Crippen LogP contribution in [0.4, 0.5) is 0 Å². The first-order valence-corrected chi connectivity index (χ1v) is 6.90. The monoisotopic (exact) mass is 236 g/mol. The molecule has 0 radical (unpaired) electrons. The maximum atomic E-state index is 4.43. The van der Waals surface area contributed by atoms with Crippen molar-refractivity contribution in [3.05, 3.63) is 11.6 Å². The van der Waals surface area contributed by atoms with Crippen LogP contribution < -0.4 is 5.32 Å². The molecule has 1 aliphatic rings. The van der Waals surface area contributed by atoms with E-state index < -0.39 is 0 Å². The summed E-state index contributed by atoms with van der Waals surface area (Å²) in [6, 6.07) is 0.599. The minimum Gasteiger partial charge on any atom is -0.317 e. The zero-order chi connectivity index (χ0) is 12.3. The quantitative estimate of drug-likeness (QED) is 0.873. The fourth-order valence-electron chi connectivity index (χ4n) is 2.83. The normalized spacial score (nSPS) is 17.9. The van der Waals surface area contributed by atoms with Crippen LogP contribution in [0, 0.1) is 6.92 Å². The zero-order valence-corrected chi connectivity index (χ0v) is 11.2. The fraction of sp³-hybridized carbons (Fsp3) is 0.846. The van der Waals surface area contributed by atoms with Crippen molar-refractivity contribution < 1.29 is 0 Å². The van der Waals surface area contributed by atoms with Gasteiger partial charge in [0.15, 0.2) is 0 Å². The van der Waals surface area contributed by atoms with Crippen LogP contribution in [0.5, 0.6) is 0 Å². The maximum absolute atomic E-state index is 4.43. The van der Waals surface area contributed by atoms with Crippen molar-refractivity contribution >= 4 is 0 Å². The van der Waals surface area contributed by atoms with Gasteiger partial charge in [-0.05, 0) is 45.7 Å². The Morgan fingerprint density at radius 3 is 2.47 bits per heavy atom. The first kappa shape index (κ1) is 12.6. The number of nitrogens with zero attached hydrogens (tertiary/aromatic N) is 3. The lowest BCUT2D eigenvalue weighted by atomic mass is 10.0. The highest BCUT2D eigenvalue weighted by atomic mass is 15.3. The number of hydrogen-bond donors (Lipinski definition) is 1. The van der Waals surface area contributed by atoms with Crippen molar-refractivity contribution in [3.63, 3.8) is 0 Å². The summed E-state index contributed by atoms with van der Waals surface area (Å²) in [6.45, 7) is 8.80. The third-order valence-corrected chi connectivity index (χ3v) is 3.92. The molecule has 1 aromatic heterocycles. The molecule has 1 aromatic rings. The van der Waals surface area contributed by atoms with E-state index in [9.17, 15) is 0 Å². The molecule has 1 aliphatic heterocycles. The highest BCUT2D eigenvalue weighted by Gasteiger charge is 2.23. The number of hydrogen-bond acceptors (Lipinski definition) is 3. The Bertz CT molecular complexity index is 348. The number of piperidine rings is 1. The number of aryl methyl sites for hydroxylation is 1. The number of rotatable bonds is 4. The van der Waals surface area contributed by atoms with E-state index in [0.717, 1.165) is 31.8 Å². The lowest BCUT2D eigenvalue weighted by Crippen LogP contribution is -2.31. The molecule has 0 bridgehead atoms. The zero-order valence-electron chi connectivity index (χ0n) is 11.2. The minimum absolute atomic E-state index is 0.561. The van der Waals surface area contributed by atoms with Crippen LogP contribution in [-0.4, -0.2) is 27.9 Å². The lowest BCUT2D eigenvalue weighted by molar-refractivity contribution is 0.347. The second kappa shape index (κ2) is 5.63. The van der Waals surface area contributed by atoms with Gasteiger partial charge in [0.25, 0.3) is 0 Å². The van der Waals surface area contributed by atoms with Gasteiger partial charge in [0, 0.05) is 12.0 Å². The molecule has 1 N–H and O–H groups in total. The molecule has 1 fully saturated rings. The van der Waals surface area contributed by atoms with Crippen molar-refractivity contribution in [1.82, 2.24) is 20.1 Å². The highest BCUT2D eigenvalue weighted by molar-refractivity contribution is 5.03. The molecule has 0 spiro atoms. The molecule has 0 aliphatic carbocycles. The van der Waals surface area contributed by atoms with Crippen LogP contribution in [0.2, 0.25) is 0 Å². The van der Waals surface area contributed by atoms with E-state index >= 15 is 0 Å². The van der Waals surface area contributed by atoms with E-state index in [-0.39, 0.29) is 0 Å². The van der Waals surface area contributed by atoms with Crippen molar-refractivity contribution in [3.8, 4) is 0 Å². The van der Waals surface area contributed by atoms with Gasteiger partial charge in [-0.1, -0.05) is 13.8 Å². The summed E-state index contributed by atoms with van der Waals surface area (Å²) in [4.78, 5) is 0. The van der Waals surface area contributed by atoms with E-state index in [4.69, 9.17) is 0 Å². The molecule has 1 saturated heterocycles. The summed E-state index contributed by atoms with van der Waals surface area (Å²) in [5, 5.41) is 12.1. The molecule has 0 saturated carbocycles. The van der Waals surface area contributed by atoms with Gasteiger partial charge in [-0.3, -0.25) is 0 Å². The van der Waals surface area contributed by atoms with Gasteiger partial charge in [-0.25, -0.2) is 0 Å². The summed E-state index contributed by atoms with van der Waals surface area (Å²) < 4.78 is 2.40. The molecule has 2 rings (SSSR count). The standard InChI is InChI=1S/C13H24N4/c1-4-11(5-2)13-16-15-10(3)17(13)12-6-8-14-9-7-12/h11-12,14H,4-9H2,1-3H3. The Morgan fingerprint density at radius 1 is 1.24 bits per heavy atom. The average Bonchev–Trinajstić information content (AvgIpc) is 2.74. The average molecular weight is 236 g/mol. The van der Waals surface area contributed by atoms with Crippen LogP contribution in [0.25, 0.3) is 0 Å². The summed E-state index contributed by atoms with van der Waals surface area (Å²) in [5.41, 5.74) is 0. The first-order chi connectivity index (χ1) is 8.27. The fourth-order valence-corrected chi connectivity index (χ4v) is 2.83. The van der Waals surface area contributed by atoms with E-state index in [1.807, 2.05) is 0 Å². The van der Waals surface area contributed by atoms with Crippen LogP contribution in [0.3, 0.4) is 0 Å². The third-order valence-electron chi connectivity index (χ3n) is 3.92. The molecular formula is C13H24N4. The molecule has 2 heterocycles. The highest BCUT2D eigenvalue weighted by Crippen LogP contribution is 2.28. The van der Waals surface area contributed by atoms with Gasteiger partial charge in [-0.15, -0.1) is 10.2 Å². The first-order valence-electron chi connectivity index (χ1n) is 6.90. The van der Waals surface area contributed by atoms with E-state index in [2.05, 4.69) is 40.9 Å². The Balaban J connectivity index is 2.27. The molecule has 0 amide bonds. The van der Waals surface area contributed by atoms with Crippen molar-refractivity contribution in [2.24, 2.45) is 0 Å². The Labute approximate surface area is 104 Å². The molecule has 0 aromatic carbocycles. The van der Waals surface area contributed by atoms with Crippen molar-refractivity contribution in [2.75, 3.05) is 13.1 Å². The maximum Gasteiger partial charge on any atom is 0.136 e. The molecule has 17 heavy (non-hydrogen) atoms. The Kier molecular flexibility index (Phi) is 4.15. The van der Waals surface area contributed by atoms with Crippen LogP contribution in [0.15, 0.2) is 0 Å². The second-order valence-corrected chi connectivity index (χ2v) is 4.97. The van der Waals surface area contributed by atoms with Gasteiger partial charge < -0.3 is 9.88 Å². The third kappa shape index (κ3) is 2.51. The topological polar surface area (TPSA) is 42.7 Å². The van der Waals surface area contributed by atoms with E-state index in [1.54, 1.807) is 0 Å². The SMILES string of the molecule is CCC(CC)c1nnc(C)n1C1CCNCC1. The van der Waals surface area contributed by atoms with Gasteiger partial charge >= 0.3 is 0 Å². The predicted octanol–water partition coefficient (Wildman–Crippen LogP) is 2.41. The Morgan fingerprint density at radius 2 is 1.88 bits per heavy atom. The lowest BCUT2D eigenvalue weighted by Gasteiger charge is -2.27. The van der Waals surface area contributed by atoms with E-state index in [1.165, 1.54) is 18.7 Å². The summed E-state index contributed by atoms with van der Waals surface area (Å²) in [7, 11) is 0. The summed E-state index contributed by atoms with van der Waals surface area (Å²) >= 11 is 0. The number of aromatic nitrogens is 3.